The van der Waals surface area contributed by atoms with Crippen molar-refractivity contribution < 1.29 is 0 Å². The lowest BCUT2D eigenvalue weighted by molar-refractivity contribution is 0.888. The van der Waals surface area contributed by atoms with Gasteiger partial charge in [0.1, 0.15) is 0 Å². The average molecular weight is 541 g/mol. The Labute approximate surface area is 244 Å². The van der Waals surface area contributed by atoms with Gasteiger partial charge in [-0.1, -0.05) is 115 Å². The van der Waals surface area contributed by atoms with Crippen molar-refractivity contribution in [1.82, 2.24) is 19.7 Å². The van der Waals surface area contributed by atoms with Crippen molar-refractivity contribution in [1.29, 1.82) is 0 Å². The number of allylic oxidation sites excluding steroid dienone is 1. The van der Waals surface area contributed by atoms with Crippen LogP contribution in [0.2, 0.25) is 0 Å². The number of benzene rings is 5. The van der Waals surface area contributed by atoms with E-state index in [2.05, 4.69) is 148 Å². The van der Waals surface area contributed by atoms with Crippen molar-refractivity contribution in [3.63, 3.8) is 0 Å². The van der Waals surface area contributed by atoms with Gasteiger partial charge in [-0.3, -0.25) is 5.10 Å². The van der Waals surface area contributed by atoms with Crippen molar-refractivity contribution in [2.24, 2.45) is 0 Å². The molecule has 4 nitrogen and oxygen atoms in total. The number of para-hydroxylation sites is 1. The molecule has 0 saturated heterocycles. The second-order valence-corrected chi connectivity index (χ2v) is 10.7. The van der Waals surface area contributed by atoms with Crippen LogP contribution in [0.3, 0.4) is 0 Å². The highest BCUT2D eigenvalue weighted by Crippen LogP contribution is 2.35. The molecule has 0 atom stereocenters. The highest BCUT2D eigenvalue weighted by Gasteiger charge is 2.19. The number of hydrogen-bond donors (Lipinski definition) is 1. The summed E-state index contributed by atoms with van der Waals surface area (Å²) in [5, 5.41) is 9.06. The summed E-state index contributed by atoms with van der Waals surface area (Å²) in [5.74, 6) is 1.45. The smallest absolute Gasteiger partial charge is 0.181 e. The summed E-state index contributed by atoms with van der Waals surface area (Å²) in [4.78, 5) is 4.89. The number of aromatic amines is 1. The summed E-state index contributed by atoms with van der Waals surface area (Å²) in [6.45, 7) is 0. The van der Waals surface area contributed by atoms with E-state index in [4.69, 9.17) is 4.98 Å². The molecular formula is C38H28N4. The van der Waals surface area contributed by atoms with Crippen molar-refractivity contribution >= 4 is 17.0 Å². The van der Waals surface area contributed by atoms with Gasteiger partial charge in [0.25, 0.3) is 0 Å². The van der Waals surface area contributed by atoms with E-state index in [1.54, 1.807) is 0 Å². The van der Waals surface area contributed by atoms with Crippen LogP contribution in [0.4, 0.5) is 0 Å². The molecule has 5 aromatic carbocycles. The highest BCUT2D eigenvalue weighted by atomic mass is 15.2. The van der Waals surface area contributed by atoms with Crippen LogP contribution in [0.1, 0.15) is 17.7 Å². The molecule has 1 aliphatic rings. The zero-order valence-electron chi connectivity index (χ0n) is 23.0. The lowest BCUT2D eigenvalue weighted by Crippen LogP contribution is -2.03. The highest BCUT2D eigenvalue weighted by molar-refractivity contribution is 5.93. The van der Waals surface area contributed by atoms with Gasteiger partial charge in [0.2, 0.25) is 0 Å². The first-order valence-electron chi connectivity index (χ1n) is 14.4. The number of rotatable bonds is 5. The maximum Gasteiger partial charge on any atom is 0.181 e. The minimum Gasteiger partial charge on any atom is -0.313 e. The second-order valence-electron chi connectivity index (χ2n) is 10.7. The molecule has 1 N–H and O–H groups in total. The van der Waals surface area contributed by atoms with Crippen molar-refractivity contribution in [2.75, 3.05) is 0 Å². The van der Waals surface area contributed by atoms with Gasteiger partial charge >= 0.3 is 0 Å². The van der Waals surface area contributed by atoms with Crippen LogP contribution in [0, 0.1) is 0 Å². The molecule has 0 spiro atoms. The summed E-state index contributed by atoms with van der Waals surface area (Å²) in [5.41, 5.74) is 11.8. The Morgan fingerprint density at radius 2 is 1.29 bits per heavy atom. The molecule has 1 aliphatic carbocycles. The number of nitrogens with one attached hydrogen (secondary N) is 1. The van der Waals surface area contributed by atoms with Crippen molar-refractivity contribution in [3.8, 4) is 50.7 Å². The maximum atomic E-state index is 4.89. The summed E-state index contributed by atoms with van der Waals surface area (Å²) < 4.78 is 2.40. The number of nitrogens with zero attached hydrogens (tertiary/aromatic N) is 3. The Morgan fingerprint density at radius 3 is 2.14 bits per heavy atom. The molecule has 200 valence electrons. The fourth-order valence-electron chi connectivity index (χ4n) is 6.10. The van der Waals surface area contributed by atoms with E-state index in [0.29, 0.717) is 5.82 Å². The van der Waals surface area contributed by atoms with Crippen LogP contribution in [0.25, 0.3) is 67.7 Å². The van der Waals surface area contributed by atoms with E-state index in [-0.39, 0.29) is 0 Å². The lowest BCUT2D eigenvalue weighted by Gasteiger charge is -2.14. The van der Waals surface area contributed by atoms with Gasteiger partial charge in [-0.2, -0.15) is 5.10 Å². The lowest BCUT2D eigenvalue weighted by atomic mass is 9.98. The Bertz CT molecular complexity index is 2080. The van der Waals surface area contributed by atoms with E-state index in [1.165, 1.54) is 38.9 Å². The fourth-order valence-corrected chi connectivity index (χ4v) is 6.10. The standard InChI is InChI=1S/C38H28N4/c1-2-10-26(11-3-1)29-12-8-13-30(24-29)27-20-22-28(23-21-27)37-39-38(41-40-37)31-14-9-15-32(25-31)42-35-18-6-4-16-33(35)34-17-5-7-19-36(34)42/h1-6,8-18,20-25H,7,19H2,(H,39,40,41). The van der Waals surface area contributed by atoms with Gasteiger partial charge in [0.05, 0.1) is 5.52 Å². The minimum absolute atomic E-state index is 0.689. The fraction of sp³-hybridized carbons (Fsp3) is 0.0526. The molecule has 4 heteroatoms. The molecule has 42 heavy (non-hydrogen) atoms. The number of hydrogen-bond acceptors (Lipinski definition) is 2. The average Bonchev–Trinajstić information content (AvgIpc) is 3.69. The molecule has 0 radical (unpaired) electrons. The molecule has 0 amide bonds. The van der Waals surface area contributed by atoms with E-state index >= 15 is 0 Å². The molecular weight excluding hydrogens is 512 g/mol. The summed E-state index contributed by atoms with van der Waals surface area (Å²) in [6, 6.07) is 44.9. The van der Waals surface area contributed by atoms with Gasteiger partial charge < -0.3 is 4.57 Å². The van der Waals surface area contributed by atoms with Gasteiger partial charge in [-0.05, 0) is 59.4 Å². The predicted octanol–water partition coefficient (Wildman–Crippen LogP) is 9.38. The Hall–Kier alpha value is -5.48. The van der Waals surface area contributed by atoms with E-state index in [0.717, 1.165) is 41.0 Å². The molecule has 0 fully saturated rings. The molecule has 0 bridgehead atoms. The first-order valence-corrected chi connectivity index (χ1v) is 14.4. The van der Waals surface area contributed by atoms with Crippen molar-refractivity contribution in [3.05, 3.63) is 145 Å². The van der Waals surface area contributed by atoms with Crippen LogP contribution in [0.5, 0.6) is 0 Å². The zero-order chi connectivity index (χ0) is 27.9. The summed E-state index contributed by atoms with van der Waals surface area (Å²) >= 11 is 0. The topological polar surface area (TPSA) is 46.5 Å². The quantitative estimate of drug-likeness (QED) is 0.236. The third kappa shape index (κ3) is 4.25. The summed E-state index contributed by atoms with van der Waals surface area (Å²) in [7, 11) is 0. The monoisotopic (exact) mass is 540 g/mol. The molecule has 8 rings (SSSR count). The third-order valence-corrected chi connectivity index (χ3v) is 8.16. The molecule has 2 aromatic heterocycles. The van der Waals surface area contributed by atoms with Gasteiger partial charge in [-0.25, -0.2) is 4.98 Å². The molecule has 0 unspecified atom stereocenters. The van der Waals surface area contributed by atoms with Gasteiger partial charge in [0.15, 0.2) is 11.6 Å². The minimum atomic E-state index is 0.689. The Balaban J connectivity index is 1.09. The van der Waals surface area contributed by atoms with Crippen LogP contribution in [-0.4, -0.2) is 19.7 Å². The predicted molar refractivity (Wildman–Crippen MR) is 172 cm³/mol. The second kappa shape index (κ2) is 10.2. The Morgan fingerprint density at radius 1 is 0.595 bits per heavy atom. The molecule has 0 saturated carbocycles. The molecule has 7 aromatic rings. The third-order valence-electron chi connectivity index (χ3n) is 8.16. The van der Waals surface area contributed by atoms with Crippen LogP contribution >= 0.6 is 0 Å². The normalized spacial score (nSPS) is 12.5. The number of fused-ring (bicyclic) bond motifs is 3. The van der Waals surface area contributed by atoms with Crippen molar-refractivity contribution in [2.45, 2.75) is 12.8 Å². The summed E-state index contributed by atoms with van der Waals surface area (Å²) in [6.07, 6.45) is 6.64. The number of H-pyrrole nitrogens is 1. The van der Waals surface area contributed by atoms with E-state index < -0.39 is 0 Å². The van der Waals surface area contributed by atoms with Crippen LogP contribution in [-0.2, 0) is 6.42 Å². The number of aromatic nitrogens is 4. The van der Waals surface area contributed by atoms with Crippen LogP contribution < -0.4 is 0 Å². The SMILES string of the molecule is C1=Cc2c(n(-c3cccc(-c4nc(-c5ccc(-c6cccc(-c7ccccc7)c6)cc5)n[nH]4)c3)c3ccccc23)CC1. The molecule has 2 heterocycles. The van der Waals surface area contributed by atoms with Crippen LogP contribution in [0.15, 0.2) is 133 Å². The van der Waals surface area contributed by atoms with E-state index in [9.17, 15) is 0 Å². The zero-order valence-corrected chi connectivity index (χ0v) is 23.0. The largest absolute Gasteiger partial charge is 0.313 e. The first-order chi connectivity index (χ1) is 20.8. The first kappa shape index (κ1) is 24.3. The van der Waals surface area contributed by atoms with E-state index in [1.807, 2.05) is 6.07 Å². The molecule has 0 aliphatic heterocycles. The van der Waals surface area contributed by atoms with Gasteiger partial charge in [0, 0.05) is 33.5 Å². The maximum absolute atomic E-state index is 4.89. The Kier molecular flexibility index (Phi) is 5.89. The van der Waals surface area contributed by atoms with Gasteiger partial charge in [-0.15, -0.1) is 0 Å².